The monoisotopic (exact) mass is 346 g/mol. The summed E-state index contributed by atoms with van der Waals surface area (Å²) in [4.78, 5) is 25.0. The Balaban J connectivity index is 1.94. The standard InChI is InChI=1S/C22H22N2O2/c1-14-10-11-20(15(2)12-14)24-16(3)13-19(17(24)4)21(25)22(26)23-18-8-6-5-7-9-18/h5-13H,1-4H3,(H,23,26). The lowest BCUT2D eigenvalue weighted by Gasteiger charge is -2.13. The normalized spacial score (nSPS) is 10.6. The number of aryl methyl sites for hydroxylation is 3. The van der Waals surface area contributed by atoms with Crippen LogP contribution >= 0.6 is 0 Å². The van der Waals surface area contributed by atoms with Crippen LogP contribution < -0.4 is 5.32 Å². The number of amides is 1. The quantitative estimate of drug-likeness (QED) is 0.557. The van der Waals surface area contributed by atoms with Crippen molar-refractivity contribution in [1.82, 2.24) is 4.57 Å². The minimum atomic E-state index is -0.628. The third kappa shape index (κ3) is 3.31. The highest BCUT2D eigenvalue weighted by atomic mass is 16.2. The van der Waals surface area contributed by atoms with Crippen molar-refractivity contribution in [2.24, 2.45) is 0 Å². The zero-order valence-corrected chi connectivity index (χ0v) is 15.5. The highest BCUT2D eigenvalue weighted by molar-refractivity contribution is 6.46. The molecule has 132 valence electrons. The molecule has 0 aliphatic rings. The van der Waals surface area contributed by atoms with Gasteiger partial charge in [0.05, 0.1) is 0 Å². The molecule has 0 aliphatic heterocycles. The zero-order valence-electron chi connectivity index (χ0n) is 15.5. The van der Waals surface area contributed by atoms with E-state index in [1.54, 1.807) is 18.2 Å². The van der Waals surface area contributed by atoms with Gasteiger partial charge in [-0.25, -0.2) is 0 Å². The number of hydrogen-bond acceptors (Lipinski definition) is 2. The van der Waals surface area contributed by atoms with Gasteiger partial charge >= 0.3 is 0 Å². The van der Waals surface area contributed by atoms with Crippen LogP contribution in [0.4, 0.5) is 5.69 Å². The van der Waals surface area contributed by atoms with Crippen LogP contribution in [0.15, 0.2) is 54.6 Å². The lowest BCUT2D eigenvalue weighted by Crippen LogP contribution is -2.23. The molecule has 3 rings (SSSR count). The van der Waals surface area contributed by atoms with Crippen molar-refractivity contribution in [3.8, 4) is 5.69 Å². The van der Waals surface area contributed by atoms with E-state index >= 15 is 0 Å². The second-order valence-electron chi connectivity index (χ2n) is 6.56. The third-order valence-corrected chi connectivity index (χ3v) is 4.51. The van der Waals surface area contributed by atoms with E-state index in [-0.39, 0.29) is 0 Å². The predicted molar refractivity (Wildman–Crippen MR) is 104 cm³/mol. The lowest BCUT2D eigenvalue weighted by atomic mass is 10.1. The molecule has 0 unspecified atom stereocenters. The Morgan fingerprint density at radius 2 is 1.58 bits per heavy atom. The molecule has 0 aliphatic carbocycles. The Bertz CT molecular complexity index is 985. The Hall–Kier alpha value is -3.14. The molecule has 1 amide bonds. The van der Waals surface area contributed by atoms with E-state index < -0.39 is 11.7 Å². The van der Waals surface area contributed by atoms with E-state index in [1.807, 2.05) is 55.7 Å². The van der Waals surface area contributed by atoms with Gasteiger partial charge in [0, 0.05) is 28.3 Å². The van der Waals surface area contributed by atoms with Crippen molar-refractivity contribution in [1.29, 1.82) is 0 Å². The Kier molecular flexibility index (Phi) is 4.76. The van der Waals surface area contributed by atoms with Crippen molar-refractivity contribution < 1.29 is 9.59 Å². The van der Waals surface area contributed by atoms with E-state index in [2.05, 4.69) is 18.3 Å². The summed E-state index contributed by atoms with van der Waals surface area (Å²) >= 11 is 0. The van der Waals surface area contributed by atoms with Gasteiger partial charge in [-0.3, -0.25) is 9.59 Å². The van der Waals surface area contributed by atoms with Gasteiger partial charge in [0.1, 0.15) is 0 Å². The van der Waals surface area contributed by atoms with E-state index in [4.69, 9.17) is 0 Å². The van der Waals surface area contributed by atoms with Gasteiger partial charge in [-0.2, -0.15) is 0 Å². The molecule has 0 radical (unpaired) electrons. The molecule has 1 aromatic heterocycles. The minimum Gasteiger partial charge on any atom is -0.319 e. The maximum atomic E-state index is 12.7. The van der Waals surface area contributed by atoms with Crippen LogP contribution in [-0.4, -0.2) is 16.3 Å². The van der Waals surface area contributed by atoms with E-state index in [1.165, 1.54) is 5.56 Å². The Morgan fingerprint density at radius 1 is 0.885 bits per heavy atom. The highest BCUT2D eigenvalue weighted by Crippen LogP contribution is 2.24. The number of nitrogens with one attached hydrogen (secondary N) is 1. The number of para-hydroxylation sites is 1. The molecule has 0 saturated carbocycles. The molecule has 4 heteroatoms. The number of carbonyl (C=O) groups is 2. The van der Waals surface area contributed by atoms with Gasteiger partial charge in [0.2, 0.25) is 0 Å². The van der Waals surface area contributed by atoms with Gasteiger partial charge in [-0.15, -0.1) is 0 Å². The molecular formula is C22H22N2O2. The molecule has 0 fully saturated rings. The number of carbonyl (C=O) groups excluding carboxylic acids is 2. The highest BCUT2D eigenvalue weighted by Gasteiger charge is 2.23. The Morgan fingerprint density at radius 3 is 2.23 bits per heavy atom. The summed E-state index contributed by atoms with van der Waals surface area (Å²) in [5.74, 6) is -1.16. The number of rotatable bonds is 4. The first-order valence-corrected chi connectivity index (χ1v) is 8.56. The molecule has 2 aromatic carbocycles. The number of nitrogens with zero attached hydrogens (tertiary/aromatic N) is 1. The van der Waals surface area contributed by atoms with Gasteiger partial charge in [-0.05, 0) is 57.5 Å². The first-order chi connectivity index (χ1) is 12.4. The fourth-order valence-electron chi connectivity index (χ4n) is 3.25. The van der Waals surface area contributed by atoms with Crippen LogP contribution in [0.25, 0.3) is 5.69 Å². The lowest BCUT2D eigenvalue weighted by molar-refractivity contribution is -0.112. The second kappa shape index (κ2) is 7.00. The summed E-state index contributed by atoms with van der Waals surface area (Å²) in [7, 11) is 0. The van der Waals surface area contributed by atoms with Crippen LogP contribution in [0, 0.1) is 27.7 Å². The smallest absolute Gasteiger partial charge is 0.296 e. The molecule has 0 atom stereocenters. The molecule has 4 nitrogen and oxygen atoms in total. The van der Waals surface area contributed by atoms with E-state index in [0.29, 0.717) is 11.3 Å². The number of aromatic nitrogens is 1. The summed E-state index contributed by atoms with van der Waals surface area (Å²) in [6.45, 7) is 7.91. The fourth-order valence-corrected chi connectivity index (χ4v) is 3.25. The van der Waals surface area contributed by atoms with Gasteiger partial charge in [0.15, 0.2) is 0 Å². The summed E-state index contributed by atoms with van der Waals surface area (Å²) in [6, 6.07) is 17.0. The van der Waals surface area contributed by atoms with Gasteiger partial charge < -0.3 is 9.88 Å². The van der Waals surface area contributed by atoms with Crippen LogP contribution in [0.2, 0.25) is 0 Å². The molecule has 1 heterocycles. The van der Waals surface area contributed by atoms with Crippen LogP contribution in [0.5, 0.6) is 0 Å². The van der Waals surface area contributed by atoms with Gasteiger partial charge in [0.25, 0.3) is 11.7 Å². The average Bonchev–Trinajstić information content (AvgIpc) is 2.90. The first-order valence-electron chi connectivity index (χ1n) is 8.56. The van der Waals surface area contributed by atoms with E-state index in [0.717, 1.165) is 22.6 Å². The Labute approximate surface area is 153 Å². The fraction of sp³-hybridized carbons (Fsp3) is 0.182. The van der Waals surface area contributed by atoms with Crippen molar-refractivity contribution in [3.63, 3.8) is 0 Å². The molecule has 0 spiro atoms. The number of hydrogen-bond donors (Lipinski definition) is 1. The second-order valence-corrected chi connectivity index (χ2v) is 6.56. The molecular weight excluding hydrogens is 324 g/mol. The first kappa shape index (κ1) is 17.7. The van der Waals surface area contributed by atoms with E-state index in [9.17, 15) is 9.59 Å². The summed E-state index contributed by atoms with van der Waals surface area (Å²) in [6.07, 6.45) is 0. The largest absolute Gasteiger partial charge is 0.319 e. The van der Waals surface area contributed by atoms with Crippen LogP contribution in [-0.2, 0) is 4.79 Å². The van der Waals surface area contributed by atoms with Crippen molar-refractivity contribution in [2.45, 2.75) is 27.7 Å². The number of Topliss-reactive ketones (excluding diaryl/α,β-unsaturated/α-hetero) is 1. The average molecular weight is 346 g/mol. The number of benzene rings is 2. The summed E-state index contributed by atoms with van der Waals surface area (Å²) < 4.78 is 2.03. The minimum absolute atomic E-state index is 0.427. The predicted octanol–water partition coefficient (Wildman–Crippen LogP) is 4.53. The van der Waals surface area contributed by atoms with Crippen molar-refractivity contribution >= 4 is 17.4 Å². The number of anilines is 1. The third-order valence-electron chi connectivity index (χ3n) is 4.51. The van der Waals surface area contributed by atoms with Crippen molar-refractivity contribution in [3.05, 3.63) is 82.7 Å². The molecule has 3 aromatic rings. The molecule has 26 heavy (non-hydrogen) atoms. The molecule has 0 bridgehead atoms. The maximum Gasteiger partial charge on any atom is 0.296 e. The zero-order chi connectivity index (χ0) is 18.8. The molecule has 0 saturated heterocycles. The topological polar surface area (TPSA) is 51.1 Å². The van der Waals surface area contributed by atoms with Gasteiger partial charge in [-0.1, -0.05) is 35.9 Å². The van der Waals surface area contributed by atoms with Crippen LogP contribution in [0.3, 0.4) is 0 Å². The summed E-state index contributed by atoms with van der Waals surface area (Å²) in [5, 5.41) is 2.66. The molecule has 1 N–H and O–H groups in total. The van der Waals surface area contributed by atoms with Crippen LogP contribution in [0.1, 0.15) is 32.9 Å². The van der Waals surface area contributed by atoms with Crippen molar-refractivity contribution in [2.75, 3.05) is 5.32 Å². The SMILES string of the molecule is Cc1ccc(-n2c(C)cc(C(=O)C(=O)Nc3ccccc3)c2C)c(C)c1. The summed E-state index contributed by atoms with van der Waals surface area (Å²) in [5.41, 5.74) is 6.05. The number of ketones is 1. The maximum absolute atomic E-state index is 12.7.